The molecule has 6 nitrogen and oxygen atoms in total. The van der Waals surface area contributed by atoms with Crippen molar-refractivity contribution < 1.29 is 14.7 Å². The third-order valence-electron chi connectivity index (χ3n) is 3.25. The summed E-state index contributed by atoms with van der Waals surface area (Å²) in [6.45, 7) is 1.69. The van der Waals surface area contributed by atoms with Gasteiger partial charge in [0.05, 0.1) is 11.2 Å². The topological polar surface area (TPSA) is 85.1 Å². The summed E-state index contributed by atoms with van der Waals surface area (Å²) in [7, 11) is 0. The van der Waals surface area contributed by atoms with Crippen LogP contribution in [-0.2, 0) is 0 Å². The number of pyridine rings is 1. The predicted octanol–water partition coefficient (Wildman–Crippen LogP) is 2.24. The molecule has 2 aromatic heterocycles. The second kappa shape index (κ2) is 4.82. The zero-order valence-electron chi connectivity index (χ0n) is 11.1. The number of carboxylic acids is 1. The zero-order chi connectivity index (χ0) is 15.0. The second-order valence-corrected chi connectivity index (χ2v) is 4.60. The maximum Gasteiger partial charge on any atom is 0.356 e. The Balaban J connectivity index is 2.28. The van der Waals surface area contributed by atoms with Gasteiger partial charge in [-0.1, -0.05) is 0 Å². The fourth-order valence-corrected chi connectivity index (χ4v) is 2.27. The molecule has 3 rings (SSSR count). The summed E-state index contributed by atoms with van der Waals surface area (Å²) in [5.74, 6) is -1.07. The van der Waals surface area contributed by atoms with Crippen LogP contribution in [0.25, 0.3) is 16.6 Å². The van der Waals surface area contributed by atoms with Gasteiger partial charge < -0.3 is 5.11 Å². The van der Waals surface area contributed by atoms with Crippen molar-refractivity contribution in [2.75, 3.05) is 0 Å². The lowest BCUT2D eigenvalue weighted by molar-refractivity contribution is 0.0689. The van der Waals surface area contributed by atoms with E-state index in [1.54, 1.807) is 37.5 Å². The van der Waals surface area contributed by atoms with E-state index in [1.807, 2.05) is 6.07 Å². The molecule has 0 aliphatic heterocycles. The van der Waals surface area contributed by atoms with E-state index in [0.717, 1.165) is 11.7 Å². The van der Waals surface area contributed by atoms with Gasteiger partial charge in [0.25, 0.3) is 0 Å². The summed E-state index contributed by atoms with van der Waals surface area (Å²) in [6.07, 6.45) is 4.00. The van der Waals surface area contributed by atoms with E-state index in [-0.39, 0.29) is 5.69 Å². The highest BCUT2D eigenvalue weighted by atomic mass is 16.4. The molecule has 21 heavy (non-hydrogen) atoms. The van der Waals surface area contributed by atoms with Crippen molar-refractivity contribution >= 4 is 23.2 Å². The lowest BCUT2D eigenvalue weighted by Crippen LogP contribution is -2.03. The Bertz CT molecular complexity index is 868. The molecule has 0 spiro atoms. The minimum absolute atomic E-state index is 0.00602. The van der Waals surface area contributed by atoms with Gasteiger partial charge in [-0.25, -0.2) is 9.48 Å². The van der Waals surface area contributed by atoms with Gasteiger partial charge in [0.1, 0.15) is 0 Å². The molecule has 0 aliphatic carbocycles. The van der Waals surface area contributed by atoms with Crippen LogP contribution >= 0.6 is 0 Å². The van der Waals surface area contributed by atoms with Crippen LogP contribution < -0.4 is 0 Å². The highest BCUT2D eigenvalue weighted by molar-refractivity contribution is 5.99. The number of aromatic nitrogens is 3. The number of carbonyl (C=O) groups excluding carboxylic acids is 1. The molecular formula is C15H11N3O3. The first-order valence-corrected chi connectivity index (χ1v) is 6.24. The normalized spacial score (nSPS) is 10.7. The molecule has 0 fully saturated rings. The molecule has 2 heterocycles. The molecule has 0 radical (unpaired) electrons. The number of rotatable bonds is 3. The van der Waals surface area contributed by atoms with Gasteiger partial charge in [-0.2, -0.15) is 5.10 Å². The monoisotopic (exact) mass is 281 g/mol. The number of aldehydes is 1. The van der Waals surface area contributed by atoms with Gasteiger partial charge >= 0.3 is 5.97 Å². The van der Waals surface area contributed by atoms with Crippen molar-refractivity contribution in [1.82, 2.24) is 14.8 Å². The summed E-state index contributed by atoms with van der Waals surface area (Å²) < 4.78 is 1.50. The fourth-order valence-electron chi connectivity index (χ4n) is 2.27. The molecule has 0 atom stereocenters. The molecule has 0 saturated heterocycles. The van der Waals surface area contributed by atoms with Gasteiger partial charge in [0, 0.05) is 28.9 Å². The Morgan fingerprint density at radius 3 is 2.81 bits per heavy atom. The SMILES string of the molecule is Cc1cn(-c2ccc(C=O)c3ncccc23)nc1C(=O)O. The second-order valence-electron chi connectivity index (χ2n) is 4.60. The van der Waals surface area contributed by atoms with E-state index in [1.165, 1.54) is 4.68 Å². The molecule has 6 heteroatoms. The van der Waals surface area contributed by atoms with Crippen LogP contribution in [0.2, 0.25) is 0 Å². The van der Waals surface area contributed by atoms with Gasteiger partial charge in [0.15, 0.2) is 12.0 Å². The molecule has 1 N–H and O–H groups in total. The number of carbonyl (C=O) groups is 2. The van der Waals surface area contributed by atoms with Crippen LogP contribution in [0.3, 0.4) is 0 Å². The molecule has 104 valence electrons. The van der Waals surface area contributed by atoms with E-state index >= 15 is 0 Å². The predicted molar refractivity (Wildman–Crippen MR) is 75.9 cm³/mol. The number of nitrogens with zero attached hydrogens (tertiary/aromatic N) is 3. The van der Waals surface area contributed by atoms with Crippen LogP contribution in [0.5, 0.6) is 0 Å². The molecule has 0 bridgehead atoms. The third kappa shape index (κ3) is 2.06. The minimum Gasteiger partial charge on any atom is -0.476 e. The third-order valence-corrected chi connectivity index (χ3v) is 3.25. The number of carboxylic acid groups (broad SMARTS) is 1. The van der Waals surface area contributed by atoms with Gasteiger partial charge in [-0.3, -0.25) is 9.78 Å². The fraction of sp³-hybridized carbons (Fsp3) is 0.0667. The molecule has 1 aromatic carbocycles. The maximum absolute atomic E-state index is 11.1. The highest BCUT2D eigenvalue weighted by Crippen LogP contribution is 2.23. The van der Waals surface area contributed by atoms with Crippen LogP contribution in [0, 0.1) is 6.92 Å². The molecular weight excluding hydrogens is 270 g/mol. The number of aryl methyl sites for hydroxylation is 1. The first kappa shape index (κ1) is 13.0. The van der Waals surface area contributed by atoms with Crippen LogP contribution in [0.15, 0.2) is 36.7 Å². The number of aromatic carboxylic acids is 1. The molecule has 0 aliphatic rings. The standard InChI is InChI=1S/C15H11N3O3/c1-9-7-18(17-13(9)15(20)21)12-5-4-10(8-19)14-11(12)3-2-6-16-14/h2-8H,1H3,(H,20,21). The van der Waals surface area contributed by atoms with Crippen molar-refractivity contribution in [3.05, 3.63) is 53.5 Å². The van der Waals surface area contributed by atoms with Crippen molar-refractivity contribution in [3.8, 4) is 5.69 Å². The molecule has 3 aromatic rings. The van der Waals surface area contributed by atoms with Crippen molar-refractivity contribution in [3.63, 3.8) is 0 Å². The smallest absolute Gasteiger partial charge is 0.356 e. The summed E-state index contributed by atoms with van der Waals surface area (Å²) in [5, 5.41) is 13.9. The van der Waals surface area contributed by atoms with Crippen LogP contribution in [-0.4, -0.2) is 32.1 Å². The van der Waals surface area contributed by atoms with Gasteiger partial charge in [-0.05, 0) is 31.2 Å². The van der Waals surface area contributed by atoms with Crippen LogP contribution in [0.1, 0.15) is 26.4 Å². The quantitative estimate of drug-likeness (QED) is 0.744. The number of hydrogen-bond acceptors (Lipinski definition) is 4. The Morgan fingerprint density at radius 2 is 2.14 bits per heavy atom. The Morgan fingerprint density at radius 1 is 1.33 bits per heavy atom. The molecule has 0 amide bonds. The van der Waals surface area contributed by atoms with E-state index in [9.17, 15) is 9.59 Å². The highest BCUT2D eigenvalue weighted by Gasteiger charge is 2.15. The van der Waals surface area contributed by atoms with Crippen molar-refractivity contribution in [2.24, 2.45) is 0 Å². The van der Waals surface area contributed by atoms with E-state index in [4.69, 9.17) is 5.11 Å². The Hall–Kier alpha value is -3.02. The molecule has 0 unspecified atom stereocenters. The number of fused-ring (bicyclic) bond motifs is 1. The molecule has 0 saturated carbocycles. The van der Waals surface area contributed by atoms with Crippen molar-refractivity contribution in [2.45, 2.75) is 6.92 Å². The van der Waals surface area contributed by atoms with Crippen LogP contribution in [0.4, 0.5) is 0 Å². The minimum atomic E-state index is -1.07. The largest absolute Gasteiger partial charge is 0.476 e. The van der Waals surface area contributed by atoms with E-state index in [0.29, 0.717) is 22.3 Å². The summed E-state index contributed by atoms with van der Waals surface area (Å²) >= 11 is 0. The van der Waals surface area contributed by atoms with Crippen molar-refractivity contribution in [1.29, 1.82) is 0 Å². The summed E-state index contributed by atoms with van der Waals surface area (Å²) in [4.78, 5) is 26.4. The number of hydrogen-bond donors (Lipinski definition) is 1. The maximum atomic E-state index is 11.1. The first-order valence-electron chi connectivity index (χ1n) is 6.24. The average Bonchev–Trinajstić information content (AvgIpc) is 2.88. The lowest BCUT2D eigenvalue weighted by Gasteiger charge is -2.07. The Kier molecular flexibility index (Phi) is 2.98. The lowest BCUT2D eigenvalue weighted by atomic mass is 10.1. The number of benzene rings is 1. The summed E-state index contributed by atoms with van der Waals surface area (Å²) in [5.41, 5.74) is 2.30. The van der Waals surface area contributed by atoms with Gasteiger partial charge in [0.2, 0.25) is 0 Å². The zero-order valence-corrected chi connectivity index (χ0v) is 11.1. The first-order chi connectivity index (χ1) is 10.1. The van der Waals surface area contributed by atoms with Gasteiger partial charge in [-0.15, -0.1) is 0 Å². The van der Waals surface area contributed by atoms with E-state index in [2.05, 4.69) is 10.1 Å². The average molecular weight is 281 g/mol. The van der Waals surface area contributed by atoms with E-state index < -0.39 is 5.97 Å². The summed E-state index contributed by atoms with van der Waals surface area (Å²) in [6, 6.07) is 6.96. The Labute approximate surface area is 119 Å².